The van der Waals surface area contributed by atoms with Crippen LogP contribution < -0.4 is 16.2 Å². The van der Waals surface area contributed by atoms with Gasteiger partial charge in [-0.25, -0.2) is 8.42 Å². The molecule has 0 spiro atoms. The van der Waals surface area contributed by atoms with Crippen molar-refractivity contribution >= 4 is 44.1 Å². The molecule has 3 rings (SSSR count). The Morgan fingerprint density at radius 2 is 1.62 bits per heavy atom. The number of hydrogen-bond acceptors (Lipinski definition) is 7. The molecule has 0 radical (unpaired) electrons. The van der Waals surface area contributed by atoms with Crippen LogP contribution in [0.25, 0.3) is 0 Å². The van der Waals surface area contributed by atoms with E-state index in [-0.39, 0.29) is 10.5 Å². The molecule has 1 aliphatic rings. The highest BCUT2D eigenvalue weighted by Crippen LogP contribution is 2.38. The van der Waals surface area contributed by atoms with Gasteiger partial charge in [-0.2, -0.15) is 4.31 Å². The van der Waals surface area contributed by atoms with Crippen molar-refractivity contribution in [3.63, 3.8) is 0 Å². The summed E-state index contributed by atoms with van der Waals surface area (Å²) in [4.78, 5) is 41.1. The average Bonchev–Trinajstić information content (AvgIpc) is 3.28. The zero-order valence-electron chi connectivity index (χ0n) is 24.0. The normalized spacial score (nSPS) is 13.8. The predicted octanol–water partition coefficient (Wildman–Crippen LogP) is 4.14. The van der Waals surface area contributed by atoms with Crippen LogP contribution in [0.15, 0.2) is 29.2 Å². The fourth-order valence-corrected chi connectivity index (χ4v) is 7.31. The maximum Gasteiger partial charge on any atom is 0.272 e. The number of carbonyl (C=O) groups excluding carboxylic acids is 3. The number of unbranched alkanes of at least 4 members (excludes halogenated alkanes) is 2. The van der Waals surface area contributed by atoms with Gasteiger partial charge in [0.1, 0.15) is 5.00 Å². The molecule has 0 bridgehead atoms. The second-order valence-corrected chi connectivity index (χ2v) is 13.3. The SMILES string of the molecule is CCCCN(CCCC)S(=O)(=O)c1ccc(C(=O)Nc2sc3c(c2C(=O)NNC(C)=O)CCN(C(C)C)C3)cc1. The van der Waals surface area contributed by atoms with Gasteiger partial charge in [-0.3, -0.25) is 30.1 Å². The molecule has 1 aromatic heterocycles. The summed E-state index contributed by atoms with van der Waals surface area (Å²) in [6, 6.07) is 6.23. The zero-order valence-corrected chi connectivity index (χ0v) is 25.6. The molecule has 3 N–H and O–H groups in total. The molecule has 2 heterocycles. The lowest BCUT2D eigenvalue weighted by Gasteiger charge is -2.30. The fourth-order valence-electron chi connectivity index (χ4n) is 4.52. The van der Waals surface area contributed by atoms with Crippen LogP contribution in [0.2, 0.25) is 0 Å². The summed E-state index contributed by atoms with van der Waals surface area (Å²) in [5.41, 5.74) is 6.21. The van der Waals surface area contributed by atoms with Gasteiger partial charge in [0.05, 0.1) is 10.5 Å². The summed E-state index contributed by atoms with van der Waals surface area (Å²) in [5.74, 6) is -1.36. The molecular weight excluding hydrogens is 550 g/mol. The van der Waals surface area contributed by atoms with E-state index in [1.807, 2.05) is 13.8 Å². The van der Waals surface area contributed by atoms with E-state index in [0.717, 1.165) is 42.7 Å². The Labute approximate surface area is 241 Å². The molecule has 1 aromatic carbocycles. The molecule has 12 heteroatoms. The molecule has 0 saturated carbocycles. The van der Waals surface area contributed by atoms with E-state index in [2.05, 4.69) is 34.9 Å². The first-order valence-corrected chi connectivity index (χ1v) is 16.1. The minimum atomic E-state index is -3.68. The minimum Gasteiger partial charge on any atom is -0.313 e. The summed E-state index contributed by atoms with van der Waals surface area (Å²) in [5, 5.41) is 3.26. The van der Waals surface area contributed by atoms with Crippen LogP contribution in [-0.4, -0.2) is 61.0 Å². The molecule has 220 valence electrons. The lowest BCUT2D eigenvalue weighted by atomic mass is 10.0. The van der Waals surface area contributed by atoms with Crippen molar-refractivity contribution in [1.82, 2.24) is 20.1 Å². The number of amides is 3. The van der Waals surface area contributed by atoms with Gasteiger partial charge < -0.3 is 5.32 Å². The third kappa shape index (κ3) is 7.68. The summed E-state index contributed by atoms with van der Waals surface area (Å²) >= 11 is 1.35. The number of benzene rings is 1. The Kier molecular flexibility index (Phi) is 11.3. The van der Waals surface area contributed by atoms with E-state index >= 15 is 0 Å². The van der Waals surface area contributed by atoms with Gasteiger partial charge in [-0.1, -0.05) is 26.7 Å². The maximum absolute atomic E-state index is 13.3. The first-order valence-electron chi connectivity index (χ1n) is 13.9. The number of hydrogen-bond donors (Lipinski definition) is 3. The van der Waals surface area contributed by atoms with E-state index in [0.29, 0.717) is 42.7 Å². The molecule has 2 aromatic rings. The number of nitrogens with one attached hydrogen (secondary N) is 3. The highest BCUT2D eigenvalue weighted by molar-refractivity contribution is 7.89. The van der Waals surface area contributed by atoms with E-state index in [9.17, 15) is 22.8 Å². The smallest absolute Gasteiger partial charge is 0.272 e. The molecule has 10 nitrogen and oxygen atoms in total. The molecule has 3 amide bonds. The van der Waals surface area contributed by atoms with Crippen LogP contribution in [0.1, 0.15) is 91.5 Å². The van der Waals surface area contributed by atoms with Crippen molar-refractivity contribution in [3.05, 3.63) is 45.8 Å². The van der Waals surface area contributed by atoms with Crippen LogP contribution in [-0.2, 0) is 27.8 Å². The van der Waals surface area contributed by atoms with E-state index in [1.165, 1.54) is 46.8 Å². The Bertz CT molecular complexity index is 1300. The molecule has 40 heavy (non-hydrogen) atoms. The van der Waals surface area contributed by atoms with Crippen molar-refractivity contribution in [3.8, 4) is 0 Å². The van der Waals surface area contributed by atoms with Crippen molar-refractivity contribution in [2.24, 2.45) is 0 Å². The highest BCUT2D eigenvalue weighted by atomic mass is 32.2. The van der Waals surface area contributed by atoms with Crippen molar-refractivity contribution < 1.29 is 22.8 Å². The highest BCUT2D eigenvalue weighted by Gasteiger charge is 2.30. The molecule has 0 atom stereocenters. The largest absolute Gasteiger partial charge is 0.313 e. The van der Waals surface area contributed by atoms with E-state index in [1.54, 1.807) is 0 Å². The molecule has 1 aliphatic heterocycles. The van der Waals surface area contributed by atoms with Gasteiger partial charge in [0.15, 0.2) is 0 Å². The Morgan fingerprint density at radius 3 is 2.17 bits per heavy atom. The molecule has 0 fully saturated rings. The average molecular weight is 592 g/mol. The summed E-state index contributed by atoms with van der Waals surface area (Å²) < 4.78 is 28.1. The van der Waals surface area contributed by atoms with Crippen LogP contribution >= 0.6 is 11.3 Å². The van der Waals surface area contributed by atoms with E-state index < -0.39 is 27.7 Å². The first kappa shape index (κ1) is 31.7. The second kappa shape index (κ2) is 14.2. The quantitative estimate of drug-likeness (QED) is 0.319. The van der Waals surface area contributed by atoms with Gasteiger partial charge >= 0.3 is 0 Å². The van der Waals surface area contributed by atoms with Crippen LogP contribution in [0, 0.1) is 0 Å². The number of anilines is 1. The summed E-state index contributed by atoms with van der Waals surface area (Å²) in [6.45, 7) is 11.9. The lowest BCUT2D eigenvalue weighted by Crippen LogP contribution is -2.41. The number of nitrogens with zero attached hydrogens (tertiary/aromatic N) is 2. The topological polar surface area (TPSA) is 128 Å². The number of thiophene rings is 1. The lowest BCUT2D eigenvalue weighted by molar-refractivity contribution is -0.119. The number of rotatable bonds is 12. The van der Waals surface area contributed by atoms with Crippen LogP contribution in [0.3, 0.4) is 0 Å². The van der Waals surface area contributed by atoms with Gasteiger partial charge in [-0.05, 0) is 62.9 Å². The van der Waals surface area contributed by atoms with E-state index in [4.69, 9.17) is 0 Å². The van der Waals surface area contributed by atoms with Gasteiger partial charge in [0.25, 0.3) is 11.8 Å². The van der Waals surface area contributed by atoms with Gasteiger partial charge in [0.2, 0.25) is 15.9 Å². The van der Waals surface area contributed by atoms with Gasteiger partial charge in [-0.15, -0.1) is 11.3 Å². The molecule has 0 unspecified atom stereocenters. The number of sulfonamides is 1. The number of hydrazine groups is 1. The summed E-state index contributed by atoms with van der Waals surface area (Å²) in [7, 11) is -3.68. The second-order valence-electron chi connectivity index (χ2n) is 10.2. The third-order valence-corrected chi connectivity index (χ3v) is 9.94. The monoisotopic (exact) mass is 591 g/mol. The van der Waals surface area contributed by atoms with Gasteiger partial charge in [0, 0.05) is 49.6 Å². The third-order valence-electron chi connectivity index (χ3n) is 6.90. The Balaban J connectivity index is 1.85. The molecular formula is C28H41N5O5S2. The fraction of sp³-hybridized carbons (Fsp3) is 0.536. The standard InChI is InChI=1S/C28H41N5O5S2/c1-6-8-15-33(16-9-7-2)40(37,38)22-12-10-21(11-13-22)26(35)29-28-25(27(36)31-30-20(5)34)23-14-17-32(19(3)4)18-24(23)39-28/h10-13,19H,6-9,14-18H2,1-5H3,(H,29,35)(H,30,34)(H,31,36). The predicted molar refractivity (Wildman–Crippen MR) is 158 cm³/mol. The van der Waals surface area contributed by atoms with Crippen molar-refractivity contribution in [2.75, 3.05) is 25.0 Å². The Hall–Kier alpha value is -2.80. The minimum absolute atomic E-state index is 0.145. The van der Waals surface area contributed by atoms with Crippen LogP contribution in [0.5, 0.6) is 0 Å². The number of carbonyl (C=O) groups is 3. The molecule has 0 aliphatic carbocycles. The number of fused-ring (bicyclic) bond motifs is 1. The van der Waals surface area contributed by atoms with Crippen molar-refractivity contribution in [1.29, 1.82) is 0 Å². The maximum atomic E-state index is 13.3. The molecule has 0 saturated heterocycles. The first-order chi connectivity index (χ1) is 19.0. The van der Waals surface area contributed by atoms with Crippen molar-refractivity contribution in [2.45, 2.75) is 84.2 Å². The Morgan fingerprint density at radius 1 is 1.00 bits per heavy atom. The zero-order chi connectivity index (χ0) is 29.4. The van der Waals surface area contributed by atoms with Crippen LogP contribution in [0.4, 0.5) is 5.00 Å². The summed E-state index contributed by atoms with van der Waals surface area (Å²) in [6.07, 6.45) is 3.98.